The van der Waals surface area contributed by atoms with Gasteiger partial charge in [0.25, 0.3) is 0 Å². The van der Waals surface area contributed by atoms with Gasteiger partial charge < -0.3 is 20.3 Å². The molecule has 7 heteroatoms. The lowest BCUT2D eigenvalue weighted by molar-refractivity contribution is 0.0526. The van der Waals surface area contributed by atoms with Gasteiger partial charge in [0.15, 0.2) is 5.11 Å². The molecule has 0 saturated carbocycles. The van der Waals surface area contributed by atoms with Gasteiger partial charge in [-0.1, -0.05) is 6.92 Å². The molecular formula is C20H31N3O2S2. The number of anilines is 1. The average molecular weight is 410 g/mol. The molecule has 3 rings (SSSR count). The van der Waals surface area contributed by atoms with Crippen LogP contribution in [0.15, 0.2) is 0 Å². The molecule has 0 aromatic carbocycles. The largest absolute Gasteiger partial charge is 0.462 e. The van der Waals surface area contributed by atoms with Crippen molar-refractivity contribution in [2.24, 2.45) is 0 Å². The van der Waals surface area contributed by atoms with Gasteiger partial charge >= 0.3 is 5.97 Å². The number of ether oxygens (including phenoxy) is 1. The van der Waals surface area contributed by atoms with Crippen molar-refractivity contribution < 1.29 is 9.53 Å². The first kappa shape index (κ1) is 20.6. The minimum Gasteiger partial charge on any atom is -0.462 e. The molecule has 1 aromatic rings. The van der Waals surface area contributed by atoms with Crippen LogP contribution >= 0.6 is 23.6 Å². The number of piperidine rings is 1. The highest BCUT2D eigenvalue weighted by Gasteiger charge is 2.27. The summed E-state index contributed by atoms with van der Waals surface area (Å²) in [5, 5.41) is 8.24. The van der Waals surface area contributed by atoms with Gasteiger partial charge in [-0.05, 0) is 76.2 Å². The van der Waals surface area contributed by atoms with Crippen LogP contribution in [-0.4, -0.2) is 48.3 Å². The molecule has 150 valence electrons. The summed E-state index contributed by atoms with van der Waals surface area (Å²) >= 11 is 7.23. The lowest BCUT2D eigenvalue weighted by atomic mass is 9.95. The third-order valence-electron chi connectivity index (χ3n) is 5.34. The van der Waals surface area contributed by atoms with Crippen molar-refractivity contribution in [3.05, 3.63) is 16.0 Å². The normalized spacial score (nSPS) is 18.0. The summed E-state index contributed by atoms with van der Waals surface area (Å²) in [4.78, 5) is 16.4. The predicted octanol–water partition coefficient (Wildman–Crippen LogP) is 3.96. The van der Waals surface area contributed by atoms with Crippen LogP contribution in [0, 0.1) is 0 Å². The number of rotatable bonds is 6. The smallest absolute Gasteiger partial charge is 0.341 e. The number of likely N-dealkylation sites (tertiary alicyclic amines) is 1. The second kappa shape index (κ2) is 9.85. The van der Waals surface area contributed by atoms with E-state index < -0.39 is 0 Å². The lowest BCUT2D eigenvalue weighted by Crippen LogP contribution is -2.46. The monoisotopic (exact) mass is 409 g/mol. The summed E-state index contributed by atoms with van der Waals surface area (Å²) in [6, 6.07) is 0.402. The van der Waals surface area contributed by atoms with Crippen LogP contribution < -0.4 is 10.6 Å². The Morgan fingerprint density at radius 1 is 1.26 bits per heavy atom. The Kier molecular flexibility index (Phi) is 7.49. The van der Waals surface area contributed by atoms with Crippen LogP contribution in [-0.2, 0) is 17.6 Å². The van der Waals surface area contributed by atoms with E-state index in [1.807, 2.05) is 6.92 Å². The van der Waals surface area contributed by atoms with Gasteiger partial charge in [-0.2, -0.15) is 0 Å². The number of thiocarbonyl (C=S) groups is 1. The van der Waals surface area contributed by atoms with E-state index in [2.05, 4.69) is 22.5 Å². The van der Waals surface area contributed by atoms with Crippen molar-refractivity contribution in [3.8, 4) is 0 Å². The Balaban J connectivity index is 1.64. The van der Waals surface area contributed by atoms with Crippen molar-refractivity contribution >= 4 is 39.6 Å². The van der Waals surface area contributed by atoms with Crippen molar-refractivity contribution in [1.82, 2.24) is 10.2 Å². The van der Waals surface area contributed by atoms with E-state index in [-0.39, 0.29) is 5.97 Å². The van der Waals surface area contributed by atoms with E-state index in [1.54, 1.807) is 11.3 Å². The summed E-state index contributed by atoms with van der Waals surface area (Å²) in [5.74, 6) is -0.227. The molecule has 0 radical (unpaired) electrons. The number of carbonyl (C=O) groups excluding carboxylic acids is 1. The number of fused-ring (bicyclic) bond motifs is 1. The molecule has 0 amide bonds. The summed E-state index contributed by atoms with van der Waals surface area (Å²) in [6.07, 6.45) is 7.74. The zero-order valence-electron chi connectivity index (χ0n) is 16.4. The quantitative estimate of drug-likeness (QED) is 0.548. The Hall–Kier alpha value is -1.18. The van der Waals surface area contributed by atoms with Gasteiger partial charge in [-0.15, -0.1) is 11.3 Å². The van der Waals surface area contributed by atoms with Crippen molar-refractivity contribution in [2.75, 3.05) is 31.6 Å². The Morgan fingerprint density at radius 3 is 2.70 bits per heavy atom. The fourth-order valence-corrected chi connectivity index (χ4v) is 5.63. The van der Waals surface area contributed by atoms with Crippen LogP contribution in [0.5, 0.6) is 0 Å². The highest BCUT2D eigenvalue weighted by Crippen LogP contribution is 2.38. The summed E-state index contributed by atoms with van der Waals surface area (Å²) in [5.41, 5.74) is 1.88. The molecule has 1 fully saturated rings. The number of hydrogen-bond donors (Lipinski definition) is 2. The molecule has 1 aromatic heterocycles. The standard InChI is InChI=1S/C20H31N3O2S2/c1-3-11-23-12-9-14(10-13-23)21-20(26)22-18-17(19(24)25-4-2)15-7-5-6-8-16(15)27-18/h14H,3-13H2,1-2H3,(H2,21,22,26). The molecule has 0 spiro atoms. The number of thiophene rings is 1. The Labute approximate surface area is 171 Å². The van der Waals surface area contributed by atoms with Crippen molar-refractivity contribution in [1.29, 1.82) is 0 Å². The Morgan fingerprint density at radius 2 is 2.00 bits per heavy atom. The first-order valence-corrected chi connectivity index (χ1v) is 11.5. The summed E-state index contributed by atoms with van der Waals surface area (Å²) in [7, 11) is 0. The number of nitrogens with one attached hydrogen (secondary N) is 2. The van der Waals surface area contributed by atoms with Crippen LogP contribution in [0.2, 0.25) is 0 Å². The van der Waals surface area contributed by atoms with Gasteiger partial charge in [0.05, 0.1) is 12.2 Å². The fourth-order valence-electron chi connectivity index (χ4n) is 4.01. The molecule has 1 aliphatic heterocycles. The van der Waals surface area contributed by atoms with Crippen LogP contribution in [0.1, 0.15) is 66.8 Å². The van der Waals surface area contributed by atoms with Crippen molar-refractivity contribution in [3.63, 3.8) is 0 Å². The second-order valence-corrected chi connectivity index (χ2v) is 8.86. The van der Waals surface area contributed by atoms with Gasteiger partial charge in [0, 0.05) is 24.0 Å². The summed E-state index contributed by atoms with van der Waals surface area (Å²) in [6.45, 7) is 7.89. The van der Waals surface area contributed by atoms with E-state index in [4.69, 9.17) is 17.0 Å². The third-order valence-corrected chi connectivity index (χ3v) is 6.77. The van der Waals surface area contributed by atoms with Gasteiger partial charge in [0.1, 0.15) is 5.00 Å². The van der Waals surface area contributed by atoms with Crippen LogP contribution in [0.4, 0.5) is 5.00 Å². The Bertz CT molecular complexity index is 666. The number of aryl methyl sites for hydroxylation is 1. The molecule has 27 heavy (non-hydrogen) atoms. The number of nitrogens with zero attached hydrogens (tertiary/aromatic N) is 1. The molecule has 0 bridgehead atoms. The number of carbonyl (C=O) groups is 1. The highest BCUT2D eigenvalue weighted by atomic mass is 32.1. The average Bonchev–Trinajstić information content (AvgIpc) is 3.01. The zero-order valence-corrected chi connectivity index (χ0v) is 18.1. The molecular weight excluding hydrogens is 378 g/mol. The van der Waals surface area contributed by atoms with Gasteiger partial charge in [-0.3, -0.25) is 0 Å². The lowest BCUT2D eigenvalue weighted by Gasteiger charge is -2.32. The summed E-state index contributed by atoms with van der Waals surface area (Å²) < 4.78 is 5.32. The van der Waals surface area contributed by atoms with Crippen LogP contribution in [0.3, 0.4) is 0 Å². The molecule has 5 nitrogen and oxygen atoms in total. The van der Waals surface area contributed by atoms with Gasteiger partial charge in [0.2, 0.25) is 0 Å². The maximum absolute atomic E-state index is 12.5. The molecule has 2 N–H and O–H groups in total. The zero-order chi connectivity index (χ0) is 19.2. The number of esters is 1. The molecule has 1 saturated heterocycles. The molecule has 0 unspecified atom stereocenters. The first-order valence-electron chi connectivity index (χ1n) is 10.2. The molecule has 2 heterocycles. The number of hydrogen-bond acceptors (Lipinski definition) is 5. The van der Waals surface area contributed by atoms with E-state index in [0.717, 1.165) is 50.2 Å². The maximum Gasteiger partial charge on any atom is 0.341 e. The highest BCUT2D eigenvalue weighted by molar-refractivity contribution is 7.80. The maximum atomic E-state index is 12.5. The SMILES string of the molecule is CCCN1CCC(NC(=S)Nc2sc3c(c2C(=O)OCC)CCCC3)CC1. The minimum atomic E-state index is -0.227. The fraction of sp³-hybridized carbons (Fsp3) is 0.700. The van der Waals surface area contributed by atoms with Crippen molar-refractivity contribution in [2.45, 2.75) is 64.8 Å². The van der Waals surface area contributed by atoms with E-state index in [9.17, 15) is 4.79 Å². The second-order valence-electron chi connectivity index (χ2n) is 7.35. The molecule has 1 aliphatic carbocycles. The molecule has 2 aliphatic rings. The van der Waals surface area contributed by atoms with E-state index in [1.165, 1.54) is 29.8 Å². The topological polar surface area (TPSA) is 53.6 Å². The van der Waals surface area contributed by atoms with E-state index in [0.29, 0.717) is 23.3 Å². The third kappa shape index (κ3) is 5.21. The first-order chi connectivity index (χ1) is 13.1. The van der Waals surface area contributed by atoms with E-state index >= 15 is 0 Å². The molecule has 0 atom stereocenters. The van der Waals surface area contributed by atoms with Crippen LogP contribution in [0.25, 0.3) is 0 Å². The predicted molar refractivity (Wildman–Crippen MR) is 116 cm³/mol. The van der Waals surface area contributed by atoms with Gasteiger partial charge in [-0.25, -0.2) is 4.79 Å². The minimum absolute atomic E-state index is 0.227.